The highest BCUT2D eigenvalue weighted by molar-refractivity contribution is 5.75. The first-order valence-corrected chi connectivity index (χ1v) is 4.30. The third kappa shape index (κ3) is 4.57. The van der Waals surface area contributed by atoms with Gasteiger partial charge in [-0.1, -0.05) is 6.92 Å². The van der Waals surface area contributed by atoms with Crippen LogP contribution in [0.2, 0.25) is 0 Å². The van der Waals surface area contributed by atoms with E-state index in [0.29, 0.717) is 6.42 Å². The number of hydrogen-bond acceptors (Lipinski definition) is 4. The van der Waals surface area contributed by atoms with Crippen LogP contribution >= 0.6 is 0 Å². The zero-order valence-electron chi connectivity index (χ0n) is 7.90. The second-order valence-electron chi connectivity index (χ2n) is 3.07. The van der Waals surface area contributed by atoms with Crippen molar-refractivity contribution in [3.05, 3.63) is 10.1 Å². The summed E-state index contributed by atoms with van der Waals surface area (Å²) in [5, 5.41) is 19.7. The maximum Gasteiger partial charge on any atom is 0.238 e. The summed E-state index contributed by atoms with van der Waals surface area (Å²) in [7, 11) is 0. The normalized spacial score (nSPS) is 15.0. The minimum absolute atomic E-state index is 0.0878. The molecule has 1 N–H and O–H groups in total. The van der Waals surface area contributed by atoms with E-state index in [9.17, 15) is 20.0 Å². The van der Waals surface area contributed by atoms with Gasteiger partial charge in [-0.25, -0.2) is 0 Å². The van der Waals surface area contributed by atoms with Gasteiger partial charge in [0.15, 0.2) is 0 Å². The van der Waals surface area contributed by atoms with Crippen molar-refractivity contribution >= 4 is 5.78 Å². The van der Waals surface area contributed by atoms with E-state index in [0.717, 1.165) is 0 Å². The Morgan fingerprint density at radius 3 is 2.46 bits per heavy atom. The van der Waals surface area contributed by atoms with Crippen LogP contribution in [0.5, 0.6) is 0 Å². The number of aliphatic hydroxyl groups is 1. The Kier molecular flexibility index (Phi) is 5.22. The van der Waals surface area contributed by atoms with Gasteiger partial charge in [0.1, 0.15) is 11.9 Å². The molecule has 2 atom stereocenters. The summed E-state index contributed by atoms with van der Waals surface area (Å²) in [4.78, 5) is 20.5. The molecule has 0 rings (SSSR count). The smallest absolute Gasteiger partial charge is 0.238 e. The predicted molar refractivity (Wildman–Crippen MR) is 47.0 cm³/mol. The SMILES string of the molecule is CCC(O)C(CCC(C)=O)[N+](=O)[O-]. The van der Waals surface area contributed by atoms with Crippen LogP contribution in [0.15, 0.2) is 0 Å². The number of carbonyl (C=O) groups is 1. The average molecular weight is 189 g/mol. The maximum absolute atomic E-state index is 10.6. The largest absolute Gasteiger partial charge is 0.386 e. The first kappa shape index (κ1) is 12.0. The summed E-state index contributed by atoms with van der Waals surface area (Å²) in [6.07, 6.45) is -0.335. The van der Waals surface area contributed by atoms with E-state index in [-0.39, 0.29) is 18.6 Å². The van der Waals surface area contributed by atoms with Gasteiger partial charge in [0.05, 0.1) is 0 Å². The van der Waals surface area contributed by atoms with E-state index in [4.69, 9.17) is 0 Å². The van der Waals surface area contributed by atoms with Crippen molar-refractivity contribution in [2.24, 2.45) is 0 Å². The molecule has 0 amide bonds. The fraction of sp³-hybridized carbons (Fsp3) is 0.875. The Hall–Kier alpha value is -0.970. The summed E-state index contributed by atoms with van der Waals surface area (Å²) < 4.78 is 0. The minimum atomic E-state index is -1.01. The topological polar surface area (TPSA) is 80.4 Å². The average Bonchev–Trinajstić information content (AvgIpc) is 2.03. The molecule has 0 bridgehead atoms. The number of aliphatic hydroxyl groups excluding tert-OH is 1. The van der Waals surface area contributed by atoms with Crippen LogP contribution in [-0.4, -0.2) is 28.0 Å². The second kappa shape index (κ2) is 5.64. The van der Waals surface area contributed by atoms with E-state index < -0.39 is 17.1 Å². The van der Waals surface area contributed by atoms with Crippen molar-refractivity contribution < 1.29 is 14.8 Å². The van der Waals surface area contributed by atoms with Crippen LogP contribution in [0, 0.1) is 10.1 Å². The fourth-order valence-corrected chi connectivity index (χ4v) is 1.06. The van der Waals surface area contributed by atoms with Gasteiger partial charge in [-0.3, -0.25) is 10.1 Å². The molecular weight excluding hydrogens is 174 g/mol. The molecule has 0 saturated carbocycles. The zero-order valence-corrected chi connectivity index (χ0v) is 7.90. The molecule has 0 aromatic heterocycles. The molecule has 5 nitrogen and oxygen atoms in total. The molecule has 0 aliphatic heterocycles. The van der Waals surface area contributed by atoms with E-state index in [1.165, 1.54) is 6.92 Å². The number of Topliss-reactive ketones (excluding diaryl/α,β-unsaturated/α-hetero) is 1. The number of nitrogens with zero attached hydrogens (tertiary/aromatic N) is 1. The molecule has 0 aliphatic carbocycles. The first-order chi connectivity index (χ1) is 5.99. The number of carbonyl (C=O) groups excluding carboxylic acids is 1. The lowest BCUT2D eigenvalue weighted by Crippen LogP contribution is -2.33. The highest BCUT2D eigenvalue weighted by Crippen LogP contribution is 2.09. The highest BCUT2D eigenvalue weighted by Gasteiger charge is 2.28. The van der Waals surface area contributed by atoms with Crippen LogP contribution in [0.1, 0.15) is 33.1 Å². The summed E-state index contributed by atoms with van der Waals surface area (Å²) in [6, 6.07) is -1.01. The van der Waals surface area contributed by atoms with E-state index in [1.807, 2.05) is 0 Å². The van der Waals surface area contributed by atoms with Gasteiger partial charge in [0, 0.05) is 17.8 Å². The number of ketones is 1. The number of hydrogen-bond donors (Lipinski definition) is 1. The molecular formula is C8H15NO4. The molecule has 76 valence electrons. The molecule has 2 unspecified atom stereocenters. The molecule has 0 saturated heterocycles. The monoisotopic (exact) mass is 189 g/mol. The van der Waals surface area contributed by atoms with Gasteiger partial charge in [-0.2, -0.15) is 0 Å². The lowest BCUT2D eigenvalue weighted by Gasteiger charge is -2.13. The Balaban J connectivity index is 4.10. The number of rotatable bonds is 6. The Morgan fingerprint density at radius 1 is 1.62 bits per heavy atom. The van der Waals surface area contributed by atoms with Crippen molar-refractivity contribution in [2.75, 3.05) is 0 Å². The summed E-state index contributed by atoms with van der Waals surface area (Å²) in [5.41, 5.74) is 0. The Morgan fingerprint density at radius 2 is 2.15 bits per heavy atom. The van der Waals surface area contributed by atoms with E-state index in [1.54, 1.807) is 6.92 Å². The lowest BCUT2D eigenvalue weighted by molar-refractivity contribution is -0.535. The van der Waals surface area contributed by atoms with Gasteiger partial charge >= 0.3 is 0 Å². The molecule has 0 spiro atoms. The molecule has 0 fully saturated rings. The summed E-state index contributed by atoms with van der Waals surface area (Å²) >= 11 is 0. The van der Waals surface area contributed by atoms with Crippen LogP contribution in [0.25, 0.3) is 0 Å². The minimum Gasteiger partial charge on any atom is -0.386 e. The highest BCUT2D eigenvalue weighted by atomic mass is 16.6. The fourth-order valence-electron chi connectivity index (χ4n) is 1.06. The van der Waals surface area contributed by atoms with E-state index in [2.05, 4.69) is 0 Å². The van der Waals surface area contributed by atoms with Crippen molar-refractivity contribution in [1.29, 1.82) is 0 Å². The van der Waals surface area contributed by atoms with Crippen LogP contribution < -0.4 is 0 Å². The Labute approximate surface area is 76.9 Å². The van der Waals surface area contributed by atoms with Gasteiger partial charge in [0.2, 0.25) is 6.04 Å². The van der Waals surface area contributed by atoms with Gasteiger partial charge in [-0.05, 0) is 13.3 Å². The van der Waals surface area contributed by atoms with Crippen molar-refractivity contribution in [3.8, 4) is 0 Å². The van der Waals surface area contributed by atoms with Crippen LogP contribution in [0.4, 0.5) is 0 Å². The second-order valence-corrected chi connectivity index (χ2v) is 3.07. The standard InChI is InChI=1S/C8H15NO4/c1-3-8(11)7(9(12)13)5-4-6(2)10/h7-8,11H,3-5H2,1-2H3. The van der Waals surface area contributed by atoms with Gasteiger partial charge in [-0.15, -0.1) is 0 Å². The molecule has 13 heavy (non-hydrogen) atoms. The molecule has 0 aromatic rings. The molecule has 0 heterocycles. The van der Waals surface area contributed by atoms with Crippen molar-refractivity contribution in [2.45, 2.75) is 45.3 Å². The lowest BCUT2D eigenvalue weighted by atomic mass is 10.0. The Bertz CT molecular complexity index is 193. The van der Waals surface area contributed by atoms with Gasteiger partial charge < -0.3 is 9.90 Å². The third-order valence-corrected chi connectivity index (χ3v) is 1.93. The first-order valence-electron chi connectivity index (χ1n) is 4.30. The van der Waals surface area contributed by atoms with Gasteiger partial charge in [0.25, 0.3) is 0 Å². The molecule has 0 aliphatic rings. The van der Waals surface area contributed by atoms with Crippen molar-refractivity contribution in [3.63, 3.8) is 0 Å². The van der Waals surface area contributed by atoms with E-state index >= 15 is 0 Å². The zero-order chi connectivity index (χ0) is 10.4. The molecule has 0 radical (unpaired) electrons. The van der Waals surface area contributed by atoms with Crippen molar-refractivity contribution in [1.82, 2.24) is 0 Å². The quantitative estimate of drug-likeness (QED) is 0.494. The van der Waals surface area contributed by atoms with Crippen LogP contribution in [0.3, 0.4) is 0 Å². The van der Waals surface area contributed by atoms with Crippen LogP contribution in [-0.2, 0) is 4.79 Å². The third-order valence-electron chi connectivity index (χ3n) is 1.93. The summed E-state index contributed by atoms with van der Waals surface area (Å²) in [6.45, 7) is 3.06. The summed E-state index contributed by atoms with van der Waals surface area (Å²) in [5.74, 6) is -0.0878. The maximum atomic E-state index is 10.6. The number of nitro groups is 1. The predicted octanol–water partition coefficient (Wildman–Crippen LogP) is 0.772. The molecule has 5 heteroatoms. The molecule has 0 aromatic carbocycles.